The molecule has 1 aromatic rings. The third kappa shape index (κ3) is 4.19. The van der Waals surface area contributed by atoms with Gasteiger partial charge in [-0.05, 0) is 31.6 Å². The van der Waals surface area contributed by atoms with Gasteiger partial charge in [0.2, 0.25) is 0 Å². The average Bonchev–Trinajstić information content (AvgIpc) is 2.37. The number of hydrogen-bond acceptors (Lipinski definition) is 2. The molecular weight excluding hydrogens is 210 g/mol. The van der Waals surface area contributed by atoms with Crippen molar-refractivity contribution in [1.82, 2.24) is 4.98 Å². The van der Waals surface area contributed by atoms with Crippen molar-refractivity contribution in [2.45, 2.75) is 20.3 Å². The van der Waals surface area contributed by atoms with Crippen molar-refractivity contribution >= 4 is 6.29 Å². The molecule has 0 spiro atoms. The molecule has 0 fully saturated rings. The molecule has 0 amide bonds. The Morgan fingerprint density at radius 3 is 2.82 bits per heavy atom. The van der Waals surface area contributed by atoms with Crippen molar-refractivity contribution in [3.63, 3.8) is 0 Å². The maximum absolute atomic E-state index is 10.9. The smallest absolute Gasteiger partial charge is 0.151 e. The van der Waals surface area contributed by atoms with Crippen LogP contribution in [0.5, 0.6) is 0 Å². The second-order valence-electron chi connectivity index (χ2n) is 3.60. The molecule has 0 aliphatic carbocycles. The maximum atomic E-state index is 10.9. The van der Waals surface area contributed by atoms with Crippen LogP contribution in [0.25, 0.3) is 0 Å². The number of hydrogen-bond donors (Lipinski definition) is 0. The summed E-state index contributed by atoms with van der Waals surface area (Å²) in [7, 11) is 0. The minimum Gasteiger partial charge on any atom is -0.298 e. The molecule has 2 heteroatoms. The SMILES string of the molecule is C\C=C/C=C(\C=C/C)Cc1ncccc1C=O. The van der Waals surface area contributed by atoms with Gasteiger partial charge in [0.05, 0.1) is 5.69 Å². The largest absolute Gasteiger partial charge is 0.298 e. The lowest BCUT2D eigenvalue weighted by Crippen LogP contribution is -1.97. The molecule has 88 valence electrons. The van der Waals surface area contributed by atoms with Gasteiger partial charge in [-0.1, -0.05) is 30.4 Å². The molecule has 1 aromatic heterocycles. The number of carbonyl (C=O) groups excluding carboxylic acids is 1. The van der Waals surface area contributed by atoms with Crippen molar-refractivity contribution in [2.75, 3.05) is 0 Å². The van der Waals surface area contributed by atoms with Gasteiger partial charge in [0.15, 0.2) is 6.29 Å². The summed E-state index contributed by atoms with van der Waals surface area (Å²) < 4.78 is 0. The van der Waals surface area contributed by atoms with Gasteiger partial charge < -0.3 is 0 Å². The predicted octanol–water partition coefficient (Wildman–Crippen LogP) is 3.52. The Morgan fingerprint density at radius 2 is 2.18 bits per heavy atom. The molecule has 0 saturated carbocycles. The minimum absolute atomic E-state index is 0.656. The van der Waals surface area contributed by atoms with Gasteiger partial charge >= 0.3 is 0 Å². The summed E-state index contributed by atoms with van der Waals surface area (Å²) in [5, 5.41) is 0. The number of rotatable bonds is 5. The van der Waals surface area contributed by atoms with Gasteiger partial charge in [0.1, 0.15) is 0 Å². The van der Waals surface area contributed by atoms with Gasteiger partial charge in [-0.15, -0.1) is 0 Å². The first-order valence-corrected chi connectivity index (χ1v) is 5.65. The standard InChI is InChI=1S/C15H17NO/c1-3-5-8-13(7-4-2)11-15-14(12-17)9-6-10-16-15/h3-10,12H,11H2,1-2H3/b5-3-,7-4-,13-8+. The first-order chi connectivity index (χ1) is 8.31. The maximum Gasteiger partial charge on any atom is 0.151 e. The highest BCUT2D eigenvalue weighted by molar-refractivity contribution is 5.76. The van der Waals surface area contributed by atoms with Gasteiger partial charge in [0, 0.05) is 18.2 Å². The number of aldehydes is 1. The number of pyridine rings is 1. The summed E-state index contributed by atoms with van der Waals surface area (Å²) in [5.74, 6) is 0. The van der Waals surface area contributed by atoms with E-state index in [1.165, 1.54) is 0 Å². The molecule has 1 rings (SSSR count). The van der Waals surface area contributed by atoms with E-state index in [1.54, 1.807) is 18.3 Å². The van der Waals surface area contributed by atoms with Gasteiger partial charge in [-0.3, -0.25) is 9.78 Å². The quantitative estimate of drug-likeness (QED) is 0.569. The lowest BCUT2D eigenvalue weighted by molar-refractivity contribution is 0.112. The molecule has 0 aliphatic heterocycles. The average molecular weight is 227 g/mol. The van der Waals surface area contributed by atoms with Gasteiger partial charge in [0.25, 0.3) is 0 Å². The van der Waals surface area contributed by atoms with E-state index in [4.69, 9.17) is 0 Å². The van der Waals surface area contributed by atoms with Crippen LogP contribution in [-0.4, -0.2) is 11.3 Å². The lowest BCUT2D eigenvalue weighted by atomic mass is 10.0. The van der Waals surface area contributed by atoms with E-state index in [0.717, 1.165) is 17.6 Å². The van der Waals surface area contributed by atoms with Crippen LogP contribution in [0, 0.1) is 0 Å². The highest BCUT2D eigenvalue weighted by Gasteiger charge is 2.03. The van der Waals surface area contributed by atoms with E-state index >= 15 is 0 Å². The zero-order valence-electron chi connectivity index (χ0n) is 10.3. The Kier molecular flexibility index (Phi) is 5.66. The molecule has 0 aromatic carbocycles. The highest BCUT2D eigenvalue weighted by Crippen LogP contribution is 2.11. The zero-order chi connectivity index (χ0) is 12.5. The van der Waals surface area contributed by atoms with E-state index in [2.05, 4.69) is 4.98 Å². The van der Waals surface area contributed by atoms with Gasteiger partial charge in [-0.2, -0.15) is 0 Å². The van der Waals surface area contributed by atoms with Crippen molar-refractivity contribution in [3.8, 4) is 0 Å². The van der Waals surface area contributed by atoms with Gasteiger partial charge in [-0.25, -0.2) is 0 Å². The number of carbonyl (C=O) groups is 1. The Labute approximate surface area is 102 Å². The Bertz CT molecular complexity index is 456. The Balaban J connectivity index is 2.97. The molecule has 0 saturated heterocycles. The molecule has 0 radical (unpaired) electrons. The molecule has 0 aliphatic rings. The number of aromatic nitrogens is 1. The topological polar surface area (TPSA) is 30.0 Å². The summed E-state index contributed by atoms with van der Waals surface area (Å²) >= 11 is 0. The second kappa shape index (κ2) is 7.34. The number of nitrogens with zero attached hydrogens (tertiary/aromatic N) is 1. The van der Waals surface area contributed by atoms with Crippen LogP contribution in [0.15, 0.2) is 54.3 Å². The van der Waals surface area contributed by atoms with Crippen LogP contribution < -0.4 is 0 Å². The van der Waals surface area contributed by atoms with E-state index < -0.39 is 0 Å². The van der Waals surface area contributed by atoms with Crippen LogP contribution in [0.4, 0.5) is 0 Å². The molecule has 17 heavy (non-hydrogen) atoms. The number of allylic oxidation sites excluding steroid dienone is 6. The van der Waals surface area contributed by atoms with Crippen LogP contribution in [-0.2, 0) is 6.42 Å². The fourth-order valence-corrected chi connectivity index (χ4v) is 1.51. The monoisotopic (exact) mass is 227 g/mol. The summed E-state index contributed by atoms with van der Waals surface area (Å²) in [6, 6.07) is 3.57. The van der Waals surface area contributed by atoms with Crippen LogP contribution in [0.1, 0.15) is 29.9 Å². The molecule has 0 N–H and O–H groups in total. The van der Waals surface area contributed by atoms with Crippen LogP contribution in [0.3, 0.4) is 0 Å². The summed E-state index contributed by atoms with van der Waals surface area (Å²) in [4.78, 5) is 15.1. The molecule has 0 atom stereocenters. The Morgan fingerprint density at radius 1 is 1.35 bits per heavy atom. The van der Waals surface area contributed by atoms with Crippen molar-refractivity contribution in [3.05, 3.63) is 65.5 Å². The minimum atomic E-state index is 0.656. The predicted molar refractivity (Wildman–Crippen MR) is 71.0 cm³/mol. The zero-order valence-corrected chi connectivity index (χ0v) is 10.3. The highest BCUT2D eigenvalue weighted by atomic mass is 16.1. The van der Waals surface area contributed by atoms with E-state index in [1.807, 2.05) is 44.2 Å². The van der Waals surface area contributed by atoms with Crippen molar-refractivity contribution in [2.24, 2.45) is 0 Å². The molecule has 2 nitrogen and oxygen atoms in total. The van der Waals surface area contributed by atoms with E-state index in [9.17, 15) is 4.79 Å². The molecular formula is C15H17NO. The van der Waals surface area contributed by atoms with Crippen LogP contribution in [0.2, 0.25) is 0 Å². The van der Waals surface area contributed by atoms with Crippen LogP contribution >= 0.6 is 0 Å². The van der Waals surface area contributed by atoms with E-state index in [0.29, 0.717) is 12.0 Å². The van der Waals surface area contributed by atoms with Crippen molar-refractivity contribution in [1.29, 1.82) is 0 Å². The summed E-state index contributed by atoms with van der Waals surface area (Å²) in [5.41, 5.74) is 2.60. The van der Waals surface area contributed by atoms with Crippen molar-refractivity contribution < 1.29 is 4.79 Å². The van der Waals surface area contributed by atoms with E-state index in [-0.39, 0.29) is 0 Å². The first kappa shape index (κ1) is 13.1. The fraction of sp³-hybridized carbons (Fsp3) is 0.200. The molecule has 1 heterocycles. The summed E-state index contributed by atoms with van der Waals surface area (Å²) in [6.07, 6.45) is 13.2. The molecule has 0 unspecified atom stereocenters. The third-order valence-electron chi connectivity index (χ3n) is 2.31. The molecule has 0 bridgehead atoms. The normalized spacial score (nSPS) is 12.5. The third-order valence-corrected chi connectivity index (χ3v) is 2.31. The lowest BCUT2D eigenvalue weighted by Gasteiger charge is -2.03. The fourth-order valence-electron chi connectivity index (χ4n) is 1.51. The summed E-state index contributed by atoms with van der Waals surface area (Å²) in [6.45, 7) is 3.95. The second-order valence-corrected chi connectivity index (χ2v) is 3.60. The Hall–Kier alpha value is -1.96. The first-order valence-electron chi connectivity index (χ1n) is 5.65.